The first-order valence-electron chi connectivity index (χ1n) is 4.69. The number of hydrogen-bond acceptors (Lipinski definition) is 1. The smallest absolute Gasteiger partial charge is 0.125 e. The number of halogens is 2. The van der Waals surface area contributed by atoms with Crippen LogP contribution in [-0.2, 0) is 6.42 Å². The first kappa shape index (κ1) is 12.0. The van der Waals surface area contributed by atoms with Gasteiger partial charge in [0.1, 0.15) is 5.82 Å². The minimum Gasteiger partial charge on any atom is -0.358 e. The van der Waals surface area contributed by atoms with Crippen LogP contribution in [0.4, 0.5) is 4.39 Å². The van der Waals surface area contributed by atoms with Gasteiger partial charge in [-0.1, -0.05) is 0 Å². The van der Waals surface area contributed by atoms with Gasteiger partial charge in [0.2, 0.25) is 0 Å². The number of benzene rings is 1. The lowest BCUT2D eigenvalue weighted by Crippen LogP contribution is -2.03. The Hall–Kier alpha value is -1.06. The molecule has 0 atom stereocenters. The largest absolute Gasteiger partial charge is 0.358 e. The van der Waals surface area contributed by atoms with Gasteiger partial charge in [0.25, 0.3) is 0 Å². The van der Waals surface area contributed by atoms with Crippen molar-refractivity contribution in [2.24, 2.45) is 5.73 Å². The van der Waals surface area contributed by atoms with E-state index in [0.717, 1.165) is 23.0 Å². The zero-order valence-electron chi connectivity index (χ0n) is 8.51. The summed E-state index contributed by atoms with van der Waals surface area (Å²) in [5.74, 6) is -0.210. The number of fused-ring (bicyclic) bond motifs is 1. The summed E-state index contributed by atoms with van der Waals surface area (Å²) in [6.07, 6.45) is 0.831. The lowest BCUT2D eigenvalue weighted by molar-refractivity contribution is 0.629. The normalized spacial score (nSPS) is 10.3. The average Bonchev–Trinajstić information content (AvgIpc) is 2.43. The van der Waals surface area contributed by atoms with Crippen LogP contribution in [0.25, 0.3) is 10.9 Å². The van der Waals surface area contributed by atoms with Crippen LogP contribution in [0.3, 0.4) is 0 Å². The average molecular weight is 229 g/mol. The molecule has 2 aromatic rings. The highest BCUT2D eigenvalue weighted by Gasteiger charge is 2.07. The van der Waals surface area contributed by atoms with E-state index in [4.69, 9.17) is 5.73 Å². The van der Waals surface area contributed by atoms with E-state index in [1.165, 1.54) is 17.7 Å². The lowest BCUT2D eigenvalue weighted by Gasteiger charge is -1.97. The molecule has 0 radical (unpaired) electrons. The maximum absolute atomic E-state index is 12.9. The molecule has 1 aromatic carbocycles. The van der Waals surface area contributed by atoms with Crippen molar-refractivity contribution in [1.29, 1.82) is 0 Å². The molecule has 0 bridgehead atoms. The van der Waals surface area contributed by atoms with Gasteiger partial charge in [0.05, 0.1) is 0 Å². The summed E-state index contributed by atoms with van der Waals surface area (Å²) in [5, 5.41) is 1.08. The van der Waals surface area contributed by atoms with Crippen LogP contribution in [0.15, 0.2) is 18.2 Å². The van der Waals surface area contributed by atoms with Gasteiger partial charge in [-0.2, -0.15) is 0 Å². The van der Waals surface area contributed by atoms with Crippen LogP contribution in [-0.4, -0.2) is 11.5 Å². The van der Waals surface area contributed by atoms with Gasteiger partial charge in [-0.15, -0.1) is 12.4 Å². The first-order chi connectivity index (χ1) is 6.72. The molecule has 1 aromatic heterocycles. The van der Waals surface area contributed by atoms with Crippen molar-refractivity contribution < 1.29 is 4.39 Å². The number of nitrogens with one attached hydrogen (secondary N) is 1. The van der Waals surface area contributed by atoms with Crippen molar-refractivity contribution in [2.45, 2.75) is 13.3 Å². The molecule has 2 rings (SSSR count). The molecule has 3 N–H and O–H groups in total. The standard InChI is InChI=1S/C11H13FN2.ClH/c1-7-9(4-5-13)10-3-2-8(12)6-11(10)14-7;/h2-3,6,14H,4-5,13H2,1H3;1H. The SMILES string of the molecule is Cc1[nH]c2cc(F)ccc2c1CCN.Cl. The maximum Gasteiger partial charge on any atom is 0.125 e. The fourth-order valence-electron chi connectivity index (χ4n) is 1.83. The molecule has 4 heteroatoms. The van der Waals surface area contributed by atoms with Crippen molar-refractivity contribution in [3.63, 3.8) is 0 Å². The van der Waals surface area contributed by atoms with Crippen molar-refractivity contribution in [2.75, 3.05) is 6.54 Å². The van der Waals surface area contributed by atoms with E-state index in [1.807, 2.05) is 6.92 Å². The van der Waals surface area contributed by atoms with Crippen molar-refractivity contribution >= 4 is 23.3 Å². The van der Waals surface area contributed by atoms with Crippen LogP contribution < -0.4 is 5.73 Å². The first-order valence-corrected chi connectivity index (χ1v) is 4.69. The Morgan fingerprint density at radius 2 is 2.13 bits per heavy atom. The van der Waals surface area contributed by atoms with Crippen LogP contribution in [0.1, 0.15) is 11.3 Å². The van der Waals surface area contributed by atoms with Gasteiger partial charge < -0.3 is 10.7 Å². The summed E-state index contributed by atoms with van der Waals surface area (Å²) >= 11 is 0. The minimum atomic E-state index is -0.210. The number of aryl methyl sites for hydroxylation is 1. The van der Waals surface area contributed by atoms with Gasteiger partial charge >= 0.3 is 0 Å². The molecule has 0 saturated carbocycles. The number of hydrogen-bond donors (Lipinski definition) is 2. The van der Waals surface area contributed by atoms with Crippen LogP contribution in [0.5, 0.6) is 0 Å². The molecule has 15 heavy (non-hydrogen) atoms. The van der Waals surface area contributed by atoms with Gasteiger partial charge in [0, 0.05) is 16.6 Å². The van der Waals surface area contributed by atoms with E-state index in [9.17, 15) is 4.39 Å². The molecular weight excluding hydrogens is 215 g/mol. The highest BCUT2D eigenvalue weighted by molar-refractivity contribution is 5.85. The Morgan fingerprint density at radius 1 is 1.40 bits per heavy atom. The van der Waals surface area contributed by atoms with Crippen molar-refractivity contribution in [3.05, 3.63) is 35.3 Å². The number of aromatic amines is 1. The molecule has 2 nitrogen and oxygen atoms in total. The molecule has 82 valence electrons. The summed E-state index contributed by atoms with van der Waals surface area (Å²) in [7, 11) is 0. The van der Waals surface area contributed by atoms with Crippen molar-refractivity contribution in [1.82, 2.24) is 4.98 Å². The summed E-state index contributed by atoms with van der Waals surface area (Å²) in [6, 6.07) is 4.80. The molecule has 0 unspecified atom stereocenters. The van der Waals surface area contributed by atoms with Gasteiger partial charge in [0.15, 0.2) is 0 Å². The van der Waals surface area contributed by atoms with E-state index in [-0.39, 0.29) is 18.2 Å². The topological polar surface area (TPSA) is 41.8 Å². The molecular formula is C11H14ClFN2. The van der Waals surface area contributed by atoms with E-state index in [1.54, 1.807) is 6.07 Å². The van der Waals surface area contributed by atoms with E-state index in [0.29, 0.717) is 6.54 Å². The Kier molecular flexibility index (Phi) is 3.72. The monoisotopic (exact) mass is 228 g/mol. The Labute approximate surface area is 94.1 Å². The number of rotatable bonds is 2. The second kappa shape index (κ2) is 4.64. The third-order valence-corrected chi connectivity index (χ3v) is 2.48. The Morgan fingerprint density at radius 3 is 2.80 bits per heavy atom. The highest BCUT2D eigenvalue weighted by Crippen LogP contribution is 2.22. The van der Waals surface area contributed by atoms with Crippen LogP contribution in [0, 0.1) is 12.7 Å². The molecule has 1 heterocycles. The molecule has 0 spiro atoms. The summed E-state index contributed by atoms with van der Waals surface area (Å²) in [6.45, 7) is 2.61. The summed E-state index contributed by atoms with van der Waals surface area (Å²) < 4.78 is 12.9. The number of H-pyrrole nitrogens is 1. The Balaban J connectivity index is 0.00000112. The zero-order valence-corrected chi connectivity index (χ0v) is 9.33. The second-order valence-electron chi connectivity index (χ2n) is 3.46. The van der Waals surface area contributed by atoms with Gasteiger partial charge in [-0.05, 0) is 43.7 Å². The minimum absolute atomic E-state index is 0. The maximum atomic E-state index is 12.9. The quantitative estimate of drug-likeness (QED) is 0.815. The molecule has 0 fully saturated rings. The molecule has 0 amide bonds. The molecule has 0 aliphatic heterocycles. The third kappa shape index (κ3) is 2.13. The molecule has 0 saturated heterocycles. The highest BCUT2D eigenvalue weighted by atomic mass is 35.5. The number of aromatic nitrogens is 1. The van der Waals surface area contributed by atoms with Gasteiger partial charge in [-0.25, -0.2) is 4.39 Å². The molecule has 0 aliphatic carbocycles. The van der Waals surface area contributed by atoms with Gasteiger partial charge in [-0.3, -0.25) is 0 Å². The third-order valence-electron chi connectivity index (χ3n) is 2.48. The Bertz CT molecular complexity index is 465. The second-order valence-corrected chi connectivity index (χ2v) is 3.46. The fraction of sp³-hybridized carbons (Fsp3) is 0.273. The predicted molar refractivity (Wildman–Crippen MR) is 63.0 cm³/mol. The fourth-order valence-corrected chi connectivity index (χ4v) is 1.83. The van der Waals surface area contributed by atoms with Crippen molar-refractivity contribution in [3.8, 4) is 0 Å². The lowest BCUT2D eigenvalue weighted by atomic mass is 10.1. The van der Waals surface area contributed by atoms with E-state index < -0.39 is 0 Å². The predicted octanol–water partition coefficient (Wildman–Crippen LogP) is 2.54. The molecule has 0 aliphatic rings. The van der Waals surface area contributed by atoms with Crippen LogP contribution in [0.2, 0.25) is 0 Å². The van der Waals surface area contributed by atoms with E-state index in [2.05, 4.69) is 4.98 Å². The summed E-state index contributed by atoms with van der Waals surface area (Å²) in [5.41, 5.74) is 8.65. The van der Waals surface area contributed by atoms with E-state index >= 15 is 0 Å². The summed E-state index contributed by atoms with van der Waals surface area (Å²) in [4.78, 5) is 3.16. The zero-order chi connectivity index (χ0) is 10.1. The van der Waals surface area contributed by atoms with Crippen LogP contribution >= 0.6 is 12.4 Å². The number of nitrogens with two attached hydrogens (primary N) is 1.